The summed E-state index contributed by atoms with van der Waals surface area (Å²) < 4.78 is 28.8. The molecule has 0 saturated carbocycles. The lowest BCUT2D eigenvalue weighted by molar-refractivity contribution is 0.251. The fourth-order valence-corrected chi connectivity index (χ4v) is 4.82. The summed E-state index contributed by atoms with van der Waals surface area (Å²) in [6, 6.07) is 0. The highest BCUT2D eigenvalue weighted by molar-refractivity contribution is 7.86. The number of nitrogens with zero attached hydrogens (tertiary/aromatic N) is 2. The number of halogens is 1. The zero-order valence-corrected chi connectivity index (χ0v) is 14.8. The van der Waals surface area contributed by atoms with Crippen molar-refractivity contribution in [3.05, 3.63) is 0 Å². The van der Waals surface area contributed by atoms with Crippen molar-refractivity contribution in [1.29, 1.82) is 0 Å². The zero-order valence-electron chi connectivity index (χ0n) is 13.2. The summed E-state index contributed by atoms with van der Waals surface area (Å²) in [6.45, 7) is 10.6. The zero-order chi connectivity index (χ0) is 15.3. The summed E-state index contributed by atoms with van der Waals surface area (Å²) in [5.41, 5.74) is 0. The molecule has 6 heteroatoms. The number of hydrogen-bond acceptors (Lipinski definition) is 2. The van der Waals surface area contributed by atoms with E-state index in [1.54, 1.807) is 8.61 Å². The Morgan fingerprint density at radius 2 is 1.55 bits per heavy atom. The summed E-state index contributed by atoms with van der Waals surface area (Å²) in [7, 11) is -3.32. The molecule has 0 radical (unpaired) electrons. The maximum atomic E-state index is 12.8. The lowest BCUT2D eigenvalue weighted by Crippen LogP contribution is -2.49. The summed E-state index contributed by atoms with van der Waals surface area (Å²) in [5.74, 6) is 1.77. The first-order valence-corrected chi connectivity index (χ1v) is 9.51. The minimum Gasteiger partial charge on any atom is -0.195 e. The van der Waals surface area contributed by atoms with Gasteiger partial charge < -0.3 is 0 Å². The highest BCUT2D eigenvalue weighted by Gasteiger charge is 2.33. The normalized spacial score (nSPS) is 19.4. The summed E-state index contributed by atoms with van der Waals surface area (Å²) in [6.07, 6.45) is 1.75. The van der Waals surface area contributed by atoms with Gasteiger partial charge in [-0.05, 0) is 30.6 Å². The average molecular weight is 325 g/mol. The van der Waals surface area contributed by atoms with Gasteiger partial charge in [0.05, 0.1) is 0 Å². The van der Waals surface area contributed by atoms with Gasteiger partial charge in [-0.25, -0.2) is 0 Å². The molecule has 0 aliphatic carbocycles. The Hall–Kier alpha value is 0.160. The van der Waals surface area contributed by atoms with Crippen LogP contribution in [0.4, 0.5) is 0 Å². The van der Waals surface area contributed by atoms with E-state index < -0.39 is 10.2 Å². The second-order valence-corrected chi connectivity index (χ2v) is 8.85. The van der Waals surface area contributed by atoms with Crippen molar-refractivity contribution >= 4 is 21.8 Å². The van der Waals surface area contributed by atoms with Crippen molar-refractivity contribution < 1.29 is 8.42 Å². The molecule has 120 valence electrons. The van der Waals surface area contributed by atoms with Crippen LogP contribution in [-0.2, 0) is 10.2 Å². The average Bonchev–Trinajstić information content (AvgIpc) is 2.37. The molecule has 0 aromatic rings. The van der Waals surface area contributed by atoms with Crippen molar-refractivity contribution in [3.8, 4) is 0 Å². The molecule has 0 bridgehead atoms. The van der Waals surface area contributed by atoms with Crippen LogP contribution in [0.3, 0.4) is 0 Å². The molecule has 1 heterocycles. The Balaban J connectivity index is 2.76. The predicted molar refractivity (Wildman–Crippen MR) is 85.2 cm³/mol. The largest absolute Gasteiger partial charge is 0.281 e. The summed E-state index contributed by atoms with van der Waals surface area (Å²) in [5, 5.41) is 0. The molecule has 1 rings (SSSR count). The highest BCUT2D eigenvalue weighted by atomic mass is 35.5. The SMILES string of the molecule is CC(C)CN(CC(C)C)S(=O)(=O)N1CCC(CCl)CC1. The monoisotopic (exact) mass is 324 g/mol. The minimum absolute atomic E-state index is 0.337. The Bertz CT molecular complexity index is 367. The van der Waals surface area contributed by atoms with Crippen molar-refractivity contribution in [2.45, 2.75) is 40.5 Å². The molecule has 1 fully saturated rings. The van der Waals surface area contributed by atoms with E-state index in [-0.39, 0.29) is 0 Å². The Morgan fingerprint density at radius 3 is 1.90 bits per heavy atom. The van der Waals surface area contributed by atoms with Gasteiger partial charge in [-0.2, -0.15) is 17.0 Å². The number of rotatable bonds is 7. The van der Waals surface area contributed by atoms with Gasteiger partial charge in [0.1, 0.15) is 0 Å². The Labute approximate surface area is 129 Å². The van der Waals surface area contributed by atoms with Crippen LogP contribution >= 0.6 is 11.6 Å². The van der Waals surface area contributed by atoms with E-state index in [0.717, 1.165) is 12.8 Å². The number of piperidine rings is 1. The summed E-state index contributed by atoms with van der Waals surface area (Å²) in [4.78, 5) is 0. The lowest BCUT2D eigenvalue weighted by Gasteiger charge is -2.35. The molecule has 1 aliphatic heterocycles. The van der Waals surface area contributed by atoms with Crippen LogP contribution in [-0.4, -0.2) is 49.1 Å². The van der Waals surface area contributed by atoms with E-state index >= 15 is 0 Å². The molecule has 1 aliphatic rings. The van der Waals surface area contributed by atoms with Crippen LogP contribution in [0.5, 0.6) is 0 Å². The van der Waals surface area contributed by atoms with E-state index in [2.05, 4.69) is 27.7 Å². The van der Waals surface area contributed by atoms with Gasteiger partial charge in [0.25, 0.3) is 10.2 Å². The van der Waals surface area contributed by atoms with Crippen LogP contribution in [0, 0.1) is 17.8 Å². The van der Waals surface area contributed by atoms with Gasteiger partial charge >= 0.3 is 0 Å². The van der Waals surface area contributed by atoms with Crippen LogP contribution in [0.15, 0.2) is 0 Å². The van der Waals surface area contributed by atoms with Gasteiger partial charge in [0, 0.05) is 32.1 Å². The van der Waals surface area contributed by atoms with E-state index in [1.165, 1.54) is 0 Å². The Kier molecular flexibility index (Phi) is 7.25. The van der Waals surface area contributed by atoms with E-state index in [9.17, 15) is 8.42 Å². The van der Waals surface area contributed by atoms with Crippen LogP contribution in [0.2, 0.25) is 0 Å². The molecule has 4 nitrogen and oxygen atoms in total. The fourth-order valence-electron chi connectivity index (χ4n) is 2.54. The van der Waals surface area contributed by atoms with E-state index in [4.69, 9.17) is 11.6 Å². The quantitative estimate of drug-likeness (QED) is 0.676. The number of hydrogen-bond donors (Lipinski definition) is 0. The molecule has 0 amide bonds. The fraction of sp³-hybridized carbons (Fsp3) is 1.00. The van der Waals surface area contributed by atoms with Crippen molar-refractivity contribution in [2.75, 3.05) is 32.1 Å². The third kappa shape index (κ3) is 5.17. The van der Waals surface area contributed by atoms with Crippen molar-refractivity contribution in [3.63, 3.8) is 0 Å². The molecule has 0 atom stereocenters. The third-order valence-electron chi connectivity index (χ3n) is 3.58. The van der Waals surface area contributed by atoms with Gasteiger partial charge in [0.2, 0.25) is 0 Å². The predicted octanol–water partition coefficient (Wildman–Crippen LogP) is 2.80. The third-order valence-corrected chi connectivity index (χ3v) is 5.99. The van der Waals surface area contributed by atoms with Crippen LogP contribution < -0.4 is 0 Å². The maximum absolute atomic E-state index is 12.8. The van der Waals surface area contributed by atoms with E-state index in [0.29, 0.717) is 49.8 Å². The molecule has 0 unspecified atom stereocenters. The van der Waals surface area contributed by atoms with Crippen LogP contribution in [0.1, 0.15) is 40.5 Å². The first-order chi connectivity index (χ1) is 9.27. The lowest BCUT2D eigenvalue weighted by atomic mass is 10.0. The minimum atomic E-state index is -3.32. The molecular formula is C14H29ClN2O2S. The van der Waals surface area contributed by atoms with E-state index in [1.807, 2.05) is 0 Å². The molecule has 0 aromatic heterocycles. The van der Waals surface area contributed by atoms with Gasteiger partial charge in [0.15, 0.2) is 0 Å². The van der Waals surface area contributed by atoms with Crippen molar-refractivity contribution in [2.24, 2.45) is 17.8 Å². The number of alkyl halides is 1. The molecule has 1 saturated heterocycles. The highest BCUT2D eigenvalue weighted by Crippen LogP contribution is 2.23. The van der Waals surface area contributed by atoms with Gasteiger partial charge in [-0.3, -0.25) is 0 Å². The Morgan fingerprint density at radius 1 is 1.10 bits per heavy atom. The maximum Gasteiger partial charge on any atom is 0.281 e. The van der Waals surface area contributed by atoms with Gasteiger partial charge in [-0.1, -0.05) is 27.7 Å². The smallest absolute Gasteiger partial charge is 0.195 e. The molecule has 0 N–H and O–H groups in total. The molecule has 20 heavy (non-hydrogen) atoms. The first-order valence-electron chi connectivity index (χ1n) is 7.58. The standard InChI is InChI=1S/C14H29ClN2O2S/c1-12(2)10-17(11-13(3)4)20(18,19)16-7-5-14(9-15)6-8-16/h12-14H,5-11H2,1-4H3. The van der Waals surface area contributed by atoms with Crippen LogP contribution in [0.25, 0.3) is 0 Å². The summed E-state index contributed by atoms with van der Waals surface area (Å²) >= 11 is 5.86. The van der Waals surface area contributed by atoms with Gasteiger partial charge in [-0.15, -0.1) is 11.6 Å². The second kappa shape index (κ2) is 7.97. The van der Waals surface area contributed by atoms with Crippen molar-refractivity contribution in [1.82, 2.24) is 8.61 Å². The first kappa shape index (κ1) is 18.2. The molecule has 0 aromatic carbocycles. The molecule has 0 spiro atoms. The topological polar surface area (TPSA) is 40.6 Å². The second-order valence-electron chi connectivity index (χ2n) is 6.61. The molecular weight excluding hydrogens is 296 g/mol.